The first-order chi connectivity index (χ1) is 9.61. The first-order valence-electron chi connectivity index (χ1n) is 5.81. The Balaban J connectivity index is 2.20. The zero-order valence-corrected chi connectivity index (χ0v) is 11.0. The van der Waals surface area contributed by atoms with E-state index in [1.807, 2.05) is 0 Å². The van der Waals surface area contributed by atoms with E-state index in [9.17, 15) is 9.90 Å². The van der Waals surface area contributed by atoms with Crippen LogP contribution in [0.3, 0.4) is 0 Å². The van der Waals surface area contributed by atoms with Crippen LogP contribution < -0.4 is 4.74 Å². The van der Waals surface area contributed by atoms with Gasteiger partial charge in [-0.15, -0.1) is 0 Å². The summed E-state index contributed by atoms with van der Waals surface area (Å²) in [6.07, 6.45) is 1.92. The highest BCUT2D eigenvalue weighted by Gasteiger charge is 2.16. The molecule has 2 rings (SSSR count). The van der Waals surface area contributed by atoms with Crippen molar-refractivity contribution in [2.75, 3.05) is 7.11 Å². The SMILES string of the molecule is COC(=O)C(C)Oc1ccc(-c2ncncn2)c(O)c1. The average Bonchev–Trinajstić information content (AvgIpc) is 2.47. The van der Waals surface area contributed by atoms with Crippen molar-refractivity contribution in [3.8, 4) is 22.9 Å². The Labute approximate surface area is 115 Å². The predicted octanol–water partition coefficient (Wildman–Crippen LogP) is 1.18. The molecule has 0 spiro atoms. The van der Waals surface area contributed by atoms with E-state index in [4.69, 9.17) is 4.74 Å². The van der Waals surface area contributed by atoms with Gasteiger partial charge in [-0.1, -0.05) is 0 Å². The number of ether oxygens (including phenoxy) is 2. The Bertz CT molecular complexity index is 604. The normalized spacial score (nSPS) is 11.7. The molecule has 0 aliphatic heterocycles. The van der Waals surface area contributed by atoms with Crippen molar-refractivity contribution in [2.24, 2.45) is 0 Å². The number of hydrogen-bond donors (Lipinski definition) is 1. The van der Waals surface area contributed by atoms with Crippen LogP contribution in [0.15, 0.2) is 30.9 Å². The maximum atomic E-state index is 11.3. The van der Waals surface area contributed by atoms with Gasteiger partial charge in [-0.25, -0.2) is 19.7 Å². The van der Waals surface area contributed by atoms with Gasteiger partial charge in [0.1, 0.15) is 24.2 Å². The van der Waals surface area contributed by atoms with Gasteiger partial charge in [0, 0.05) is 6.07 Å². The molecule has 1 heterocycles. The minimum absolute atomic E-state index is 0.0502. The van der Waals surface area contributed by atoms with Crippen molar-refractivity contribution in [2.45, 2.75) is 13.0 Å². The number of phenols is 1. The molecule has 7 nitrogen and oxygen atoms in total. The minimum atomic E-state index is -0.762. The van der Waals surface area contributed by atoms with Gasteiger partial charge in [0.05, 0.1) is 12.7 Å². The molecule has 2 aromatic rings. The van der Waals surface area contributed by atoms with Gasteiger partial charge in [-0.05, 0) is 19.1 Å². The molecule has 0 saturated carbocycles. The first kappa shape index (κ1) is 13.7. The highest BCUT2D eigenvalue weighted by Crippen LogP contribution is 2.30. The van der Waals surface area contributed by atoms with Gasteiger partial charge in [0.2, 0.25) is 0 Å². The summed E-state index contributed by atoms with van der Waals surface area (Å²) in [6.45, 7) is 1.56. The molecule has 104 valence electrons. The van der Waals surface area contributed by atoms with Crippen LogP contribution in [-0.2, 0) is 9.53 Å². The van der Waals surface area contributed by atoms with E-state index in [0.29, 0.717) is 17.1 Å². The number of phenolic OH excluding ortho intramolecular Hbond substituents is 1. The Kier molecular flexibility index (Phi) is 4.09. The highest BCUT2D eigenvalue weighted by molar-refractivity contribution is 5.74. The summed E-state index contributed by atoms with van der Waals surface area (Å²) < 4.78 is 9.91. The van der Waals surface area contributed by atoms with E-state index in [2.05, 4.69) is 19.7 Å². The Hall–Kier alpha value is -2.70. The van der Waals surface area contributed by atoms with Gasteiger partial charge in [-0.2, -0.15) is 0 Å². The summed E-state index contributed by atoms with van der Waals surface area (Å²) in [5, 5.41) is 9.96. The van der Waals surface area contributed by atoms with Crippen molar-refractivity contribution in [1.29, 1.82) is 0 Å². The third-order valence-electron chi connectivity index (χ3n) is 2.55. The largest absolute Gasteiger partial charge is 0.507 e. The van der Waals surface area contributed by atoms with Gasteiger partial charge < -0.3 is 14.6 Å². The molecule has 0 fully saturated rings. The van der Waals surface area contributed by atoms with Crippen molar-refractivity contribution in [3.05, 3.63) is 30.9 Å². The highest BCUT2D eigenvalue weighted by atomic mass is 16.6. The van der Waals surface area contributed by atoms with Crippen LogP contribution in [0.1, 0.15) is 6.92 Å². The van der Waals surface area contributed by atoms with E-state index in [0.717, 1.165) is 0 Å². The number of aromatic nitrogens is 3. The fourth-order valence-corrected chi connectivity index (χ4v) is 1.57. The number of rotatable bonds is 4. The second kappa shape index (κ2) is 5.96. The number of carbonyl (C=O) groups is 1. The lowest BCUT2D eigenvalue weighted by molar-refractivity contribution is -0.147. The molecule has 0 bridgehead atoms. The fraction of sp³-hybridized carbons (Fsp3) is 0.231. The molecule has 7 heteroatoms. The average molecular weight is 275 g/mol. The molecular formula is C13H13N3O4. The van der Waals surface area contributed by atoms with Gasteiger partial charge in [0.15, 0.2) is 11.9 Å². The van der Waals surface area contributed by atoms with E-state index in [1.54, 1.807) is 19.1 Å². The minimum Gasteiger partial charge on any atom is -0.507 e. The van der Waals surface area contributed by atoms with Crippen molar-refractivity contribution in [1.82, 2.24) is 15.0 Å². The lowest BCUT2D eigenvalue weighted by Crippen LogP contribution is -2.24. The van der Waals surface area contributed by atoms with E-state index in [-0.39, 0.29) is 5.75 Å². The quantitative estimate of drug-likeness (QED) is 0.837. The second-order valence-corrected chi connectivity index (χ2v) is 3.92. The van der Waals surface area contributed by atoms with E-state index >= 15 is 0 Å². The molecule has 1 atom stereocenters. The number of benzene rings is 1. The summed E-state index contributed by atoms with van der Waals surface area (Å²) in [5.41, 5.74) is 0.450. The number of aromatic hydroxyl groups is 1. The fourth-order valence-electron chi connectivity index (χ4n) is 1.57. The standard InChI is InChI=1S/C13H13N3O4/c1-8(13(18)19-2)20-9-3-4-10(11(17)5-9)12-15-6-14-7-16-12/h3-8,17H,1-2H3. The monoisotopic (exact) mass is 275 g/mol. The molecule has 0 aliphatic rings. The Morgan fingerprint density at radius 3 is 2.60 bits per heavy atom. The first-order valence-corrected chi connectivity index (χ1v) is 5.81. The molecule has 0 aliphatic carbocycles. The predicted molar refractivity (Wildman–Crippen MR) is 69.0 cm³/mol. The molecule has 0 amide bonds. The van der Waals surface area contributed by atoms with E-state index < -0.39 is 12.1 Å². The summed E-state index contributed by atoms with van der Waals surface area (Å²) in [4.78, 5) is 22.8. The zero-order chi connectivity index (χ0) is 14.5. The van der Waals surface area contributed by atoms with Gasteiger partial charge in [-0.3, -0.25) is 0 Å². The molecule has 20 heavy (non-hydrogen) atoms. The number of methoxy groups -OCH3 is 1. The topological polar surface area (TPSA) is 94.4 Å². The van der Waals surface area contributed by atoms with Crippen LogP contribution in [0.4, 0.5) is 0 Å². The lowest BCUT2D eigenvalue weighted by atomic mass is 10.2. The molecular weight excluding hydrogens is 262 g/mol. The Morgan fingerprint density at radius 1 is 1.30 bits per heavy atom. The summed E-state index contributed by atoms with van der Waals surface area (Å²) in [6, 6.07) is 4.60. The lowest BCUT2D eigenvalue weighted by Gasteiger charge is -2.13. The molecule has 0 radical (unpaired) electrons. The van der Waals surface area contributed by atoms with Crippen LogP contribution in [0.5, 0.6) is 11.5 Å². The van der Waals surface area contributed by atoms with Crippen molar-refractivity contribution in [3.63, 3.8) is 0 Å². The van der Waals surface area contributed by atoms with Crippen LogP contribution in [-0.4, -0.2) is 39.2 Å². The van der Waals surface area contributed by atoms with Crippen LogP contribution in [0.2, 0.25) is 0 Å². The van der Waals surface area contributed by atoms with Crippen molar-refractivity contribution >= 4 is 5.97 Å². The Morgan fingerprint density at radius 2 is 2.00 bits per heavy atom. The van der Waals surface area contributed by atoms with E-state index in [1.165, 1.54) is 25.8 Å². The van der Waals surface area contributed by atoms with Crippen LogP contribution in [0.25, 0.3) is 11.4 Å². The van der Waals surface area contributed by atoms with Gasteiger partial charge in [0.25, 0.3) is 0 Å². The number of nitrogens with zero attached hydrogens (tertiary/aromatic N) is 3. The maximum absolute atomic E-state index is 11.3. The summed E-state index contributed by atoms with van der Waals surface area (Å²) in [7, 11) is 1.28. The third-order valence-corrected chi connectivity index (χ3v) is 2.55. The van der Waals surface area contributed by atoms with Crippen LogP contribution >= 0.6 is 0 Å². The van der Waals surface area contributed by atoms with Gasteiger partial charge >= 0.3 is 5.97 Å². The summed E-state index contributed by atoms with van der Waals surface area (Å²) >= 11 is 0. The smallest absolute Gasteiger partial charge is 0.346 e. The zero-order valence-electron chi connectivity index (χ0n) is 11.0. The van der Waals surface area contributed by atoms with Crippen molar-refractivity contribution < 1.29 is 19.4 Å². The molecule has 1 aromatic heterocycles. The molecule has 1 aromatic carbocycles. The molecule has 0 saturated heterocycles. The third kappa shape index (κ3) is 3.00. The van der Waals surface area contributed by atoms with Crippen LogP contribution in [0, 0.1) is 0 Å². The number of esters is 1. The summed E-state index contributed by atoms with van der Waals surface area (Å²) in [5.74, 6) is 0.153. The molecule has 1 N–H and O–H groups in total. The maximum Gasteiger partial charge on any atom is 0.346 e. The number of carbonyl (C=O) groups excluding carboxylic acids is 1. The second-order valence-electron chi connectivity index (χ2n) is 3.92. The number of hydrogen-bond acceptors (Lipinski definition) is 7. The molecule has 1 unspecified atom stereocenters.